The zero-order valence-corrected chi connectivity index (χ0v) is 13.7. The Morgan fingerprint density at radius 2 is 1.27 bits per heavy atom. The minimum atomic E-state index is -1.86. The second kappa shape index (κ2) is 7.48. The molecule has 120 valence electrons. The van der Waals surface area contributed by atoms with E-state index in [1.54, 1.807) is 0 Å². The van der Waals surface area contributed by atoms with Crippen LogP contribution in [0.4, 0.5) is 4.32 Å². The van der Waals surface area contributed by atoms with Crippen molar-refractivity contribution in [2.75, 3.05) is 0 Å². The van der Waals surface area contributed by atoms with Crippen LogP contribution in [-0.4, -0.2) is 6.42 Å². The van der Waals surface area contributed by atoms with E-state index in [9.17, 15) is 0 Å². The predicted molar refractivity (Wildman–Crippen MR) is 96.0 cm³/mol. The van der Waals surface area contributed by atoms with Gasteiger partial charge in [-0.3, -0.25) is 0 Å². The molecule has 2 fully saturated rings. The van der Waals surface area contributed by atoms with Crippen molar-refractivity contribution in [3.8, 4) is 0 Å². The van der Waals surface area contributed by atoms with Gasteiger partial charge in [0.15, 0.2) is 6.42 Å². The maximum atomic E-state index is 16.2. The van der Waals surface area contributed by atoms with Gasteiger partial charge < -0.3 is 4.32 Å². The smallest absolute Gasteiger partial charge is 0.181 e. The Bertz CT molecular complexity index is 452. The third-order valence-corrected chi connectivity index (χ3v) is 6.13. The molecule has 0 nitrogen and oxygen atoms in total. The molecule has 2 saturated carbocycles. The first kappa shape index (κ1) is 15.8. The van der Waals surface area contributed by atoms with Gasteiger partial charge >= 0.3 is 0 Å². The Balaban J connectivity index is 1.82. The highest BCUT2D eigenvalue weighted by atomic mass is 19.1. The van der Waals surface area contributed by atoms with E-state index in [2.05, 4.69) is 18.2 Å². The Labute approximate surface area is 135 Å². The van der Waals surface area contributed by atoms with Crippen LogP contribution in [0.1, 0.15) is 69.8 Å². The number of hydrogen-bond donors (Lipinski definition) is 0. The van der Waals surface area contributed by atoms with Crippen LogP contribution in [0.25, 0.3) is 6.08 Å². The molecule has 0 bridgehead atoms. The van der Waals surface area contributed by atoms with Crippen molar-refractivity contribution in [2.24, 2.45) is 0 Å². The molecule has 1 aromatic rings. The summed E-state index contributed by atoms with van der Waals surface area (Å²) in [5.41, 5.74) is 1.14. The highest BCUT2D eigenvalue weighted by Crippen LogP contribution is 2.49. The van der Waals surface area contributed by atoms with Gasteiger partial charge in [0.2, 0.25) is 0 Å². The Morgan fingerprint density at radius 1 is 0.773 bits per heavy atom. The molecule has 0 atom stereocenters. The third kappa shape index (κ3) is 3.64. The molecule has 0 aliphatic heterocycles. The van der Waals surface area contributed by atoms with E-state index in [1.165, 1.54) is 38.5 Å². The lowest BCUT2D eigenvalue weighted by molar-refractivity contribution is 0.428. The van der Waals surface area contributed by atoms with Crippen molar-refractivity contribution in [1.29, 1.82) is 0 Å². The quantitative estimate of drug-likeness (QED) is 0.535. The van der Waals surface area contributed by atoms with Crippen LogP contribution in [0.15, 0.2) is 36.3 Å². The molecule has 0 N–H and O–H groups in total. The molecule has 0 saturated heterocycles. The van der Waals surface area contributed by atoms with Gasteiger partial charge in [0, 0.05) is 0 Å². The number of halogens is 1. The summed E-state index contributed by atoms with van der Waals surface area (Å²) in [5, 5.41) is 0. The molecule has 1 aromatic carbocycles. The molecule has 0 radical (unpaired) electrons. The van der Waals surface area contributed by atoms with Crippen LogP contribution in [0, 0.1) is 0 Å². The second-order valence-electron chi connectivity index (χ2n) is 7.52. The van der Waals surface area contributed by atoms with Gasteiger partial charge in [-0.05, 0) is 5.56 Å². The van der Waals surface area contributed by atoms with Crippen molar-refractivity contribution in [3.05, 3.63) is 41.9 Å². The van der Waals surface area contributed by atoms with E-state index >= 15 is 4.32 Å². The molecule has 3 rings (SSSR count). The number of rotatable bonds is 4. The lowest BCUT2D eigenvalue weighted by atomic mass is 9.25. The monoisotopic (exact) mass is 299 g/mol. The van der Waals surface area contributed by atoms with Gasteiger partial charge in [0.1, 0.15) is 0 Å². The molecule has 0 heterocycles. The van der Waals surface area contributed by atoms with Gasteiger partial charge in [-0.2, -0.15) is 0 Å². The number of benzene rings is 1. The van der Waals surface area contributed by atoms with E-state index < -0.39 is 6.42 Å². The molecule has 2 aliphatic carbocycles. The first-order valence-electron chi connectivity index (χ1n) is 9.38. The average Bonchev–Trinajstić information content (AvgIpc) is 2.62. The van der Waals surface area contributed by atoms with Gasteiger partial charge in [-0.15, -0.1) is 11.6 Å². The molecule has 0 aromatic heterocycles. The maximum absolute atomic E-state index is 16.2. The van der Waals surface area contributed by atoms with Crippen LogP contribution in [0.2, 0.25) is 11.6 Å². The summed E-state index contributed by atoms with van der Waals surface area (Å²) < 4.78 is 16.2. The SMILES string of the molecule is F[B-](/C=C/c1ccccc1)(C1CCCCC1)C1CCCCC1. The van der Waals surface area contributed by atoms with Crippen LogP contribution >= 0.6 is 0 Å². The molecule has 22 heavy (non-hydrogen) atoms. The van der Waals surface area contributed by atoms with E-state index in [1.807, 2.05) is 24.2 Å². The van der Waals surface area contributed by atoms with Crippen LogP contribution < -0.4 is 0 Å². The minimum Gasteiger partial charge on any atom is -0.511 e. The summed E-state index contributed by atoms with van der Waals surface area (Å²) >= 11 is 0. The van der Waals surface area contributed by atoms with E-state index in [4.69, 9.17) is 0 Å². The van der Waals surface area contributed by atoms with E-state index in [0.29, 0.717) is 11.6 Å². The van der Waals surface area contributed by atoms with E-state index in [-0.39, 0.29) is 0 Å². The predicted octanol–water partition coefficient (Wildman–Crippen LogP) is 6.82. The molecule has 0 amide bonds. The summed E-state index contributed by atoms with van der Waals surface area (Å²) in [5.74, 6) is 2.61. The van der Waals surface area contributed by atoms with Crippen LogP contribution in [-0.2, 0) is 0 Å². The summed E-state index contributed by atoms with van der Waals surface area (Å²) in [6.07, 6.45) is 12.1. The van der Waals surface area contributed by atoms with Crippen molar-refractivity contribution in [2.45, 2.75) is 75.8 Å². The van der Waals surface area contributed by atoms with Crippen molar-refractivity contribution in [3.63, 3.8) is 0 Å². The lowest BCUT2D eigenvalue weighted by Crippen LogP contribution is -2.40. The normalized spacial score (nSPS) is 22.2. The Kier molecular flexibility index (Phi) is 5.39. The maximum Gasteiger partial charge on any atom is 0.181 e. The Hall–Kier alpha value is -1.05. The minimum absolute atomic E-state index is 0.303. The third-order valence-electron chi connectivity index (χ3n) is 6.13. The second-order valence-corrected chi connectivity index (χ2v) is 7.52. The molecule has 0 spiro atoms. The summed E-state index contributed by atoms with van der Waals surface area (Å²) in [4.78, 5) is 0. The topological polar surface area (TPSA) is 0 Å². The molecule has 2 heteroatoms. The zero-order chi connectivity index (χ0) is 15.3. The molecular formula is C20H29BF-. The van der Waals surface area contributed by atoms with Crippen LogP contribution in [0.3, 0.4) is 0 Å². The fraction of sp³-hybridized carbons (Fsp3) is 0.600. The van der Waals surface area contributed by atoms with Gasteiger partial charge in [0.25, 0.3) is 0 Å². The van der Waals surface area contributed by atoms with Crippen molar-refractivity contribution in [1.82, 2.24) is 0 Å². The molecular weight excluding hydrogens is 270 g/mol. The first-order chi connectivity index (χ1) is 10.8. The highest BCUT2D eigenvalue weighted by molar-refractivity contribution is 6.81. The van der Waals surface area contributed by atoms with Crippen molar-refractivity contribution < 1.29 is 4.32 Å². The summed E-state index contributed by atoms with van der Waals surface area (Å²) in [7, 11) is 0. The molecule has 2 aliphatic rings. The van der Waals surface area contributed by atoms with Gasteiger partial charge in [0.05, 0.1) is 0 Å². The van der Waals surface area contributed by atoms with Crippen LogP contribution in [0.5, 0.6) is 0 Å². The lowest BCUT2D eigenvalue weighted by Gasteiger charge is -2.48. The fourth-order valence-corrected chi connectivity index (χ4v) is 4.81. The zero-order valence-electron chi connectivity index (χ0n) is 13.7. The molecule has 0 unspecified atom stereocenters. The first-order valence-corrected chi connectivity index (χ1v) is 9.38. The fourth-order valence-electron chi connectivity index (χ4n) is 4.81. The largest absolute Gasteiger partial charge is 0.511 e. The Morgan fingerprint density at radius 3 is 1.77 bits per heavy atom. The summed E-state index contributed by atoms with van der Waals surface area (Å²) in [6, 6.07) is 10.2. The summed E-state index contributed by atoms with van der Waals surface area (Å²) in [6.45, 7) is 0. The van der Waals surface area contributed by atoms with E-state index in [0.717, 1.165) is 31.2 Å². The standard InChI is InChI=1S/C20H29BF/c22-21(19-12-6-2-7-13-19,20-14-8-3-9-15-20)17-16-18-10-4-1-5-11-18/h1,4-5,10-11,16-17,19-20H,2-3,6-9,12-15H2/q-1/b17-16+. The highest BCUT2D eigenvalue weighted by Gasteiger charge is 2.38. The average molecular weight is 299 g/mol. The van der Waals surface area contributed by atoms with Gasteiger partial charge in [-0.1, -0.05) is 101 Å². The van der Waals surface area contributed by atoms with Gasteiger partial charge in [-0.25, -0.2) is 5.98 Å². The number of hydrogen-bond acceptors (Lipinski definition) is 0. The van der Waals surface area contributed by atoms with Crippen molar-refractivity contribution >= 4 is 12.5 Å².